The lowest BCUT2D eigenvalue weighted by molar-refractivity contribution is -0.00000159. The maximum atomic E-state index is 8.71. The molecule has 0 aliphatic heterocycles. The van der Waals surface area contributed by atoms with Crippen LogP contribution in [0.4, 0.5) is 0 Å². The molecule has 0 radical (unpaired) electrons. The van der Waals surface area contributed by atoms with Crippen molar-refractivity contribution < 1.29 is 16.6 Å². The fourth-order valence-electron chi connectivity index (χ4n) is 0. The van der Waals surface area contributed by atoms with E-state index in [0.717, 1.165) is 0 Å². The van der Waals surface area contributed by atoms with E-state index in [1.807, 2.05) is 0 Å². The first kappa shape index (κ1) is 8.82. The topological polar surface area (TPSA) is 17.1 Å². The van der Waals surface area contributed by atoms with Crippen molar-refractivity contribution in [2.45, 2.75) is 0 Å². The fourth-order valence-corrected chi connectivity index (χ4v) is 0. The number of rotatable bonds is 0. The van der Waals surface area contributed by atoms with Crippen molar-refractivity contribution in [2.24, 2.45) is 0 Å². The average Bonchev–Trinajstić information content (AvgIpc) is 0.918. The van der Waals surface area contributed by atoms with Crippen LogP contribution < -0.4 is 12.4 Å². The van der Waals surface area contributed by atoms with Crippen LogP contribution in [0.1, 0.15) is 0 Å². The molecule has 0 heterocycles. The zero-order valence-corrected chi connectivity index (χ0v) is 4.11. The van der Waals surface area contributed by atoms with Crippen molar-refractivity contribution in [3.63, 3.8) is 0 Å². The van der Waals surface area contributed by atoms with Gasteiger partial charge in [-0.25, -0.2) is 0 Å². The number of hydrogen-bond acceptors (Lipinski definition) is 1. The summed E-state index contributed by atoms with van der Waals surface area (Å²) in [5.41, 5.74) is 0. The smallest absolute Gasteiger partial charge is 0.545 e. The first-order chi connectivity index (χ1) is 1.41. The van der Waals surface area contributed by atoms with Crippen molar-refractivity contribution in [3.8, 4) is 0 Å². The molecule has 26 valence electrons. The first-order valence-electron chi connectivity index (χ1n) is 0.349. The number of thiol groups is 1. The Morgan fingerprint density at radius 1 is 1.75 bits per heavy atom. The molecule has 1 nitrogen and oxygen atoms in total. The summed E-state index contributed by atoms with van der Waals surface area (Å²) in [6.45, 7) is 0. The van der Waals surface area contributed by atoms with E-state index < -0.39 is 0 Å². The van der Waals surface area contributed by atoms with E-state index in [0.29, 0.717) is 0 Å². The molecule has 0 aliphatic carbocycles. The minimum Gasteiger partial charge on any atom is -1.00 e. The molecule has 0 saturated heterocycles. The second-order valence-electron chi connectivity index (χ2n) is 0.0745. The van der Waals surface area contributed by atoms with Crippen LogP contribution in [0.5, 0.6) is 0 Å². The summed E-state index contributed by atoms with van der Waals surface area (Å²) in [6.07, 6.45) is 0. The minimum absolute atomic E-state index is 0. The minimum atomic E-state index is 0. The van der Waals surface area contributed by atoms with Gasteiger partial charge in [0.2, 0.25) is 11.7 Å². The molecule has 0 aromatic rings. The molecule has 0 aromatic carbocycles. The Labute approximate surface area is 39.5 Å². The monoisotopic (exact) mass is 116 g/mol. The van der Waals surface area contributed by atoms with Gasteiger partial charge in [-0.1, -0.05) is 0 Å². The van der Waals surface area contributed by atoms with Crippen molar-refractivity contribution in [3.05, 3.63) is 0 Å². The standard InChI is InChI=1S/ClH.OS2/c;1-3-2/h1H;. The van der Waals surface area contributed by atoms with Crippen LogP contribution in [-0.4, -0.2) is 0 Å². The molecule has 0 aliphatic rings. The molecule has 0 atom stereocenters. The summed E-state index contributed by atoms with van der Waals surface area (Å²) in [7, 11) is 0.194. The molecule has 0 spiro atoms. The van der Waals surface area contributed by atoms with Crippen LogP contribution in [0.15, 0.2) is 0 Å². The molecule has 0 rings (SSSR count). The summed E-state index contributed by atoms with van der Waals surface area (Å²) in [4.78, 5) is 0. The normalized spacial score (nSPS) is 3.25. The third kappa shape index (κ3) is 16.8. The molecule has 0 saturated carbocycles. The quantitative estimate of drug-likeness (QED) is 0.207. The van der Waals surface area contributed by atoms with Gasteiger partial charge in [0.25, 0.3) is 0 Å². The van der Waals surface area contributed by atoms with E-state index in [1.54, 1.807) is 0 Å². The Morgan fingerprint density at radius 3 is 1.75 bits per heavy atom. The second kappa shape index (κ2) is 9.40. The summed E-state index contributed by atoms with van der Waals surface area (Å²) < 4.78 is 8.71. The lowest BCUT2D eigenvalue weighted by Crippen LogP contribution is -3.00. The summed E-state index contributed by atoms with van der Waals surface area (Å²) in [5.74, 6) is 0. The molecule has 0 unspecified atom stereocenters. The molecular formula is HClOS2. The molecule has 4 heteroatoms. The molecule has 0 aromatic heterocycles. The van der Waals surface area contributed by atoms with Gasteiger partial charge in [0.05, 0.1) is 4.21 Å². The number of halogens is 1. The van der Waals surface area contributed by atoms with Crippen molar-refractivity contribution >= 4 is 22.4 Å². The predicted octanol–water partition coefficient (Wildman–Crippen LogP) is -2.74. The van der Waals surface area contributed by atoms with E-state index in [4.69, 9.17) is 4.21 Å². The van der Waals surface area contributed by atoms with Gasteiger partial charge in [-0.2, -0.15) is 0 Å². The zero-order chi connectivity index (χ0) is 2.71. The highest BCUT2D eigenvalue weighted by molar-refractivity contribution is 8.51. The van der Waals surface area contributed by atoms with Crippen molar-refractivity contribution in [1.82, 2.24) is 0 Å². The van der Waals surface area contributed by atoms with Crippen LogP contribution in [0, 0.1) is 0 Å². The van der Waals surface area contributed by atoms with Crippen LogP contribution in [-0.2, 0) is 14.9 Å². The Balaban J connectivity index is 0. The average molecular weight is 117 g/mol. The Bertz CT molecular complexity index is 13.5. The molecule has 0 amide bonds. The van der Waals surface area contributed by atoms with Crippen molar-refractivity contribution in [1.29, 1.82) is 0 Å². The predicted molar refractivity (Wildman–Crippen MR) is 17.0 cm³/mol. The summed E-state index contributed by atoms with van der Waals surface area (Å²) >= 11 is 3.15. The van der Waals surface area contributed by atoms with E-state index in [1.165, 1.54) is 0 Å². The molecule has 0 fully saturated rings. The van der Waals surface area contributed by atoms with E-state index in [9.17, 15) is 0 Å². The molecular weight excluding hydrogens is 116 g/mol. The first-order valence-corrected chi connectivity index (χ1v) is 2.14. The lowest BCUT2D eigenvalue weighted by atomic mass is 16.0. The highest BCUT2D eigenvalue weighted by Crippen LogP contribution is 1.49. The third-order valence-electron chi connectivity index (χ3n) is 0. The fraction of sp³-hybridized carbons (Fsp3) is 0. The maximum Gasteiger partial charge on any atom is 0.545 e. The Morgan fingerprint density at radius 2 is 1.75 bits per heavy atom. The van der Waals surface area contributed by atoms with Crippen LogP contribution in [0.25, 0.3) is 0 Å². The highest BCUT2D eigenvalue weighted by atomic mass is 35.5. The van der Waals surface area contributed by atoms with E-state index in [-0.39, 0.29) is 23.1 Å². The zero-order valence-electron chi connectivity index (χ0n) is 1.64. The van der Waals surface area contributed by atoms with Gasteiger partial charge in [0, 0.05) is 0 Å². The van der Waals surface area contributed by atoms with Gasteiger partial charge in [-0.05, 0) is 0 Å². The van der Waals surface area contributed by atoms with Crippen LogP contribution in [0.3, 0.4) is 0 Å². The van der Waals surface area contributed by atoms with E-state index >= 15 is 0 Å². The van der Waals surface area contributed by atoms with Gasteiger partial charge in [-0.3, -0.25) is 0 Å². The summed E-state index contributed by atoms with van der Waals surface area (Å²) in [5, 5.41) is 0. The van der Waals surface area contributed by atoms with Gasteiger partial charge >= 0.3 is 10.7 Å². The Hall–Kier alpha value is 0.660. The van der Waals surface area contributed by atoms with Crippen LogP contribution in [0.2, 0.25) is 0 Å². The van der Waals surface area contributed by atoms with Crippen LogP contribution >= 0.6 is 11.7 Å². The summed E-state index contributed by atoms with van der Waals surface area (Å²) in [6, 6.07) is 0. The molecule has 0 N–H and O–H groups in total. The second-order valence-corrected chi connectivity index (χ2v) is 0.671. The van der Waals surface area contributed by atoms with Gasteiger partial charge in [-0.15, -0.1) is 0 Å². The third-order valence-corrected chi connectivity index (χ3v) is 0. The molecule has 4 heavy (non-hydrogen) atoms. The van der Waals surface area contributed by atoms with Gasteiger partial charge in [0.1, 0.15) is 0 Å². The molecule has 0 bridgehead atoms. The lowest BCUT2D eigenvalue weighted by Gasteiger charge is -1.00. The number of hydrogen-bond donors (Lipinski definition) is 1. The van der Waals surface area contributed by atoms with Gasteiger partial charge in [0.15, 0.2) is 0 Å². The SMILES string of the molecule is O=[S+]S.[Cl-]. The van der Waals surface area contributed by atoms with Crippen molar-refractivity contribution in [2.75, 3.05) is 0 Å². The largest absolute Gasteiger partial charge is 1.00 e. The Kier molecular flexibility index (Phi) is 20.7. The van der Waals surface area contributed by atoms with Gasteiger partial charge < -0.3 is 12.4 Å². The van der Waals surface area contributed by atoms with E-state index in [2.05, 4.69) is 11.7 Å². The maximum absolute atomic E-state index is 8.71. The highest BCUT2D eigenvalue weighted by Gasteiger charge is 1.60.